The molecule has 0 heterocycles. The summed E-state index contributed by atoms with van der Waals surface area (Å²) in [6, 6.07) is 0. The van der Waals surface area contributed by atoms with E-state index in [0.29, 0.717) is 0 Å². The molecule has 0 saturated heterocycles. The van der Waals surface area contributed by atoms with Crippen LogP contribution < -0.4 is 0 Å². The number of hydrogen-bond acceptors (Lipinski definition) is 0. The van der Waals surface area contributed by atoms with Gasteiger partial charge in [-0.05, 0) is 0 Å². The van der Waals surface area contributed by atoms with Crippen LogP contribution in [0.25, 0.3) is 0 Å². The minimum absolute atomic E-state index is 0.120. The third-order valence-electron chi connectivity index (χ3n) is 0.604. The molecule has 0 fully saturated rings. The molecule has 0 aliphatic heterocycles. The predicted molar refractivity (Wildman–Crippen MR) is 43.1 cm³/mol. The maximum absolute atomic E-state index is 2.27. The summed E-state index contributed by atoms with van der Waals surface area (Å²) in [6.07, 6.45) is 2.87. The third kappa shape index (κ3) is 47.1. The Labute approximate surface area is 78.0 Å². The molecule has 0 spiro atoms. The fourth-order valence-corrected chi connectivity index (χ4v) is 2.19. The van der Waals surface area contributed by atoms with Crippen molar-refractivity contribution in [3.8, 4) is 0 Å². The van der Waals surface area contributed by atoms with Crippen molar-refractivity contribution in [2.75, 3.05) is 0 Å². The van der Waals surface area contributed by atoms with E-state index in [4.69, 9.17) is 0 Å². The summed E-state index contributed by atoms with van der Waals surface area (Å²) >= 11 is 1.07. The molecule has 0 saturated carbocycles. The topological polar surface area (TPSA) is 0 Å². The van der Waals surface area contributed by atoms with Gasteiger partial charge in [-0.25, -0.2) is 0 Å². The second kappa shape index (κ2) is 11.9. The van der Waals surface area contributed by atoms with Gasteiger partial charge in [0.2, 0.25) is 0 Å². The Hall–Kier alpha value is 1.15. The van der Waals surface area contributed by atoms with Gasteiger partial charge in [0.1, 0.15) is 0 Å². The van der Waals surface area contributed by atoms with Crippen molar-refractivity contribution in [3.05, 3.63) is 0 Å². The molecule has 0 atom stereocenters. The van der Waals surface area contributed by atoms with Gasteiger partial charge in [0, 0.05) is 8.80 Å². The van der Waals surface area contributed by atoms with E-state index in [1.807, 2.05) is 0 Å². The van der Waals surface area contributed by atoms with Crippen LogP contribution in [0.1, 0.15) is 19.8 Å². The van der Waals surface area contributed by atoms with Crippen LogP contribution in [0, 0.1) is 0 Å². The second-order valence-electron chi connectivity index (χ2n) is 2.71. The Morgan fingerprint density at radius 3 is 1.56 bits per heavy atom. The second-order valence-corrected chi connectivity index (χ2v) is 8.46. The first-order valence-corrected chi connectivity index (χ1v) is 10.6. The van der Waals surface area contributed by atoms with Crippen molar-refractivity contribution < 1.29 is 26.1 Å². The van der Waals surface area contributed by atoms with Crippen molar-refractivity contribution in [3.63, 3.8) is 0 Å². The smallest absolute Gasteiger partial charge is 0.0379 e. The maximum atomic E-state index is 2.27. The summed E-state index contributed by atoms with van der Waals surface area (Å²) in [5.41, 5.74) is 0. The molecule has 0 amide bonds. The molecular weight excluding hydrogens is 313 g/mol. The van der Waals surface area contributed by atoms with Gasteiger partial charge in [0.25, 0.3) is 0 Å². The summed E-state index contributed by atoms with van der Waals surface area (Å²) in [4.78, 5) is 0. The molecule has 0 aromatic carbocycles. The van der Waals surface area contributed by atoms with Crippen molar-refractivity contribution in [1.29, 1.82) is 0 Å². The van der Waals surface area contributed by atoms with Crippen molar-refractivity contribution >= 4 is 8.80 Å². The van der Waals surface area contributed by atoms with Gasteiger partial charge >= 0.3 is 49.8 Å². The van der Waals surface area contributed by atoms with E-state index < -0.39 is 0 Å². The predicted octanol–water partition coefficient (Wildman–Crippen LogP) is 3.12. The molecular formula is C7H18HgSi. The van der Waals surface area contributed by atoms with E-state index >= 15 is 0 Å². The third-order valence-corrected chi connectivity index (χ3v) is 2.55. The number of hydrogen-bond donors (Lipinski definition) is 0. The van der Waals surface area contributed by atoms with Crippen molar-refractivity contribution in [1.82, 2.24) is 0 Å². The van der Waals surface area contributed by atoms with E-state index in [9.17, 15) is 0 Å². The monoisotopic (exact) mass is 332 g/mol. The van der Waals surface area contributed by atoms with Gasteiger partial charge in [-0.3, -0.25) is 0 Å². The molecule has 0 aromatic rings. The first kappa shape index (κ1) is 12.8. The Morgan fingerprint density at radius 1 is 1.22 bits per heavy atom. The first-order chi connectivity index (χ1) is 4.15. The summed E-state index contributed by atoms with van der Waals surface area (Å²) in [5, 5.41) is 0. The zero-order valence-corrected chi connectivity index (χ0v) is 13.8. The van der Waals surface area contributed by atoms with Crippen molar-refractivity contribution in [2.45, 2.75) is 43.3 Å². The standard InChI is InChI=1S/C4H9.C3H9Si.Hg/c1-3-4-2;1-4(2)3;/h1,3-4H2,2H3;1-3H3;. The van der Waals surface area contributed by atoms with Gasteiger partial charge < -0.3 is 0 Å². The summed E-state index contributed by atoms with van der Waals surface area (Å²) < 4.78 is 1.54. The van der Waals surface area contributed by atoms with E-state index in [0.717, 1.165) is 26.1 Å². The summed E-state index contributed by atoms with van der Waals surface area (Å²) in [5.74, 6) is 0. The van der Waals surface area contributed by atoms with Crippen LogP contribution in [0.3, 0.4) is 0 Å². The van der Waals surface area contributed by atoms with Crippen LogP contribution >= 0.6 is 0 Å². The fourth-order valence-electron chi connectivity index (χ4n) is 0.250. The Kier molecular flexibility index (Phi) is 16.9. The van der Waals surface area contributed by atoms with Crippen LogP contribution in [0.15, 0.2) is 0 Å². The maximum Gasteiger partial charge on any atom is 0.0379 e. The molecule has 0 nitrogen and oxygen atoms in total. The molecule has 0 aliphatic carbocycles. The van der Waals surface area contributed by atoms with Crippen LogP contribution in [0.2, 0.25) is 23.6 Å². The minimum atomic E-state index is 0.120. The molecule has 2 heteroatoms. The zero-order valence-electron chi connectivity index (χ0n) is 7.33. The molecule has 0 aromatic heterocycles. The van der Waals surface area contributed by atoms with Crippen LogP contribution in [0.4, 0.5) is 0 Å². The zero-order chi connectivity index (χ0) is 7.70. The van der Waals surface area contributed by atoms with E-state index in [-0.39, 0.29) is 8.80 Å². The van der Waals surface area contributed by atoms with Gasteiger partial charge in [0.05, 0.1) is 0 Å². The fraction of sp³-hybridized carbons (Fsp3) is 1.00. The average molecular weight is 331 g/mol. The molecule has 1 radical (unpaired) electrons. The SMILES string of the molecule is CCC[CH2][Hg].C[Si](C)C. The average Bonchev–Trinajstić information content (AvgIpc) is 1.66. The molecule has 0 aliphatic rings. The molecule has 9 heavy (non-hydrogen) atoms. The molecule has 0 unspecified atom stereocenters. The van der Waals surface area contributed by atoms with Crippen molar-refractivity contribution in [2.24, 2.45) is 0 Å². The Bertz CT molecular complexity index is 33.1. The van der Waals surface area contributed by atoms with Gasteiger partial charge in [-0.2, -0.15) is 0 Å². The largest absolute Gasteiger partial charge is 0.0715 e. The van der Waals surface area contributed by atoms with Gasteiger partial charge in [0.15, 0.2) is 0 Å². The Morgan fingerprint density at radius 2 is 1.56 bits per heavy atom. The van der Waals surface area contributed by atoms with Gasteiger partial charge in [-0.15, -0.1) is 0 Å². The number of rotatable bonds is 2. The first-order valence-electron chi connectivity index (χ1n) is 3.71. The molecule has 0 bridgehead atoms. The molecule has 52 valence electrons. The Balaban J connectivity index is 0. The molecule has 0 N–H and O–H groups in total. The van der Waals surface area contributed by atoms with Crippen LogP contribution in [0.5, 0.6) is 0 Å². The minimum Gasteiger partial charge on any atom is -0.0715 e. The molecule has 0 rings (SSSR count). The van der Waals surface area contributed by atoms with E-state index in [1.54, 1.807) is 0 Å². The summed E-state index contributed by atoms with van der Waals surface area (Å²) in [7, 11) is 0.120. The van der Waals surface area contributed by atoms with Gasteiger partial charge in [-0.1, -0.05) is 19.6 Å². The summed E-state index contributed by atoms with van der Waals surface area (Å²) in [6.45, 7) is 9.05. The van der Waals surface area contributed by atoms with Crippen LogP contribution in [-0.4, -0.2) is 8.80 Å². The van der Waals surface area contributed by atoms with E-state index in [1.165, 1.54) is 16.8 Å². The number of unbranched alkanes of at least 4 members (excludes halogenated alkanes) is 1. The van der Waals surface area contributed by atoms with Crippen LogP contribution in [-0.2, 0) is 26.1 Å². The normalized spacial score (nSPS) is 8.78. The quantitative estimate of drug-likeness (QED) is 0.682. The van der Waals surface area contributed by atoms with E-state index in [2.05, 4.69) is 26.6 Å².